The van der Waals surface area contributed by atoms with Crippen LogP contribution in [-0.2, 0) is 0 Å². The molecule has 2 aromatic carbocycles. The van der Waals surface area contributed by atoms with Gasteiger partial charge >= 0.3 is 0 Å². The molecular weight excluding hydrogens is 276 g/mol. The fraction of sp³-hybridized carbons (Fsp3) is 0.118. The zero-order valence-corrected chi connectivity index (χ0v) is 12.3. The molecule has 4 rings (SSSR count). The van der Waals surface area contributed by atoms with Crippen molar-refractivity contribution in [1.29, 1.82) is 0 Å². The van der Waals surface area contributed by atoms with Gasteiger partial charge in [-0.3, -0.25) is 4.57 Å². The molecule has 0 bridgehead atoms. The first kappa shape index (κ1) is 12.8. The molecule has 0 N–H and O–H groups in total. The van der Waals surface area contributed by atoms with E-state index in [9.17, 15) is 0 Å². The number of oxazole rings is 1. The lowest BCUT2D eigenvalue weighted by Crippen LogP contribution is -1.88. The molecule has 0 fully saturated rings. The van der Waals surface area contributed by atoms with Crippen LogP contribution in [0.3, 0.4) is 0 Å². The molecule has 0 saturated heterocycles. The van der Waals surface area contributed by atoms with Crippen molar-refractivity contribution in [1.82, 2.24) is 19.7 Å². The molecule has 0 spiro atoms. The second-order valence-corrected chi connectivity index (χ2v) is 5.42. The molecule has 5 heteroatoms. The maximum absolute atomic E-state index is 5.94. The average molecular weight is 290 g/mol. The van der Waals surface area contributed by atoms with E-state index >= 15 is 0 Å². The summed E-state index contributed by atoms with van der Waals surface area (Å²) in [6, 6.07) is 12.2. The van der Waals surface area contributed by atoms with Gasteiger partial charge < -0.3 is 4.42 Å². The Balaban J connectivity index is 1.83. The number of benzene rings is 2. The van der Waals surface area contributed by atoms with Crippen LogP contribution in [0.4, 0.5) is 0 Å². The largest absolute Gasteiger partial charge is 0.436 e. The van der Waals surface area contributed by atoms with E-state index in [1.54, 1.807) is 12.7 Å². The molecule has 4 aromatic rings. The first-order chi connectivity index (χ1) is 10.7. The van der Waals surface area contributed by atoms with Gasteiger partial charge in [0.25, 0.3) is 0 Å². The summed E-state index contributed by atoms with van der Waals surface area (Å²) in [7, 11) is 0. The van der Waals surface area contributed by atoms with Gasteiger partial charge in [-0.05, 0) is 38.1 Å². The maximum Gasteiger partial charge on any atom is 0.227 e. The molecular formula is C17H14N4O. The van der Waals surface area contributed by atoms with E-state index in [1.165, 1.54) is 11.1 Å². The Labute approximate surface area is 127 Å². The van der Waals surface area contributed by atoms with E-state index in [-0.39, 0.29) is 0 Å². The number of hydrogen-bond donors (Lipinski definition) is 0. The predicted octanol–water partition coefficient (Wildman–Crippen LogP) is 3.69. The Kier molecular flexibility index (Phi) is 2.79. The van der Waals surface area contributed by atoms with Gasteiger partial charge in [-0.25, -0.2) is 4.98 Å². The molecule has 0 amide bonds. The number of aromatic nitrogens is 4. The fourth-order valence-corrected chi connectivity index (χ4v) is 2.63. The second kappa shape index (κ2) is 4.80. The maximum atomic E-state index is 5.94. The number of fused-ring (bicyclic) bond motifs is 1. The summed E-state index contributed by atoms with van der Waals surface area (Å²) >= 11 is 0. The van der Waals surface area contributed by atoms with Gasteiger partial charge in [0.1, 0.15) is 18.2 Å². The molecule has 0 aliphatic rings. The lowest BCUT2D eigenvalue weighted by Gasteiger charge is -2.00. The predicted molar refractivity (Wildman–Crippen MR) is 83.8 cm³/mol. The SMILES string of the molecule is Cc1cc(C)cc(-c2nc3ccc(-n4cnnc4)cc3o2)c1. The standard InChI is InChI=1S/C17H14N4O/c1-11-5-12(2)7-13(6-11)17-20-15-4-3-14(8-16(15)22-17)21-9-18-19-10-21/h3-10H,1-2H3. The number of hydrogen-bond acceptors (Lipinski definition) is 4. The van der Waals surface area contributed by atoms with Crippen LogP contribution in [-0.4, -0.2) is 19.7 Å². The smallest absolute Gasteiger partial charge is 0.227 e. The van der Waals surface area contributed by atoms with Crippen molar-refractivity contribution in [2.75, 3.05) is 0 Å². The van der Waals surface area contributed by atoms with Gasteiger partial charge in [0, 0.05) is 11.6 Å². The Hall–Kier alpha value is -2.95. The van der Waals surface area contributed by atoms with Crippen LogP contribution < -0.4 is 0 Å². The van der Waals surface area contributed by atoms with Gasteiger partial charge in [-0.15, -0.1) is 10.2 Å². The van der Waals surface area contributed by atoms with Crippen LogP contribution in [0.1, 0.15) is 11.1 Å². The topological polar surface area (TPSA) is 56.7 Å². The zero-order chi connectivity index (χ0) is 15.1. The lowest BCUT2D eigenvalue weighted by molar-refractivity contribution is 0.619. The fourth-order valence-electron chi connectivity index (χ4n) is 2.63. The van der Waals surface area contributed by atoms with Crippen LogP contribution in [0.25, 0.3) is 28.2 Å². The molecule has 0 unspecified atom stereocenters. The van der Waals surface area contributed by atoms with E-state index in [0.717, 1.165) is 22.4 Å². The quantitative estimate of drug-likeness (QED) is 0.565. The van der Waals surface area contributed by atoms with Crippen LogP contribution in [0.5, 0.6) is 0 Å². The van der Waals surface area contributed by atoms with E-state index in [2.05, 4.69) is 47.2 Å². The molecule has 108 valence electrons. The molecule has 0 aliphatic carbocycles. The van der Waals surface area contributed by atoms with E-state index in [0.29, 0.717) is 5.89 Å². The first-order valence-electron chi connectivity index (χ1n) is 7.03. The minimum Gasteiger partial charge on any atom is -0.436 e. The lowest BCUT2D eigenvalue weighted by atomic mass is 10.1. The molecule has 0 radical (unpaired) electrons. The molecule has 2 aromatic heterocycles. The van der Waals surface area contributed by atoms with Crippen molar-refractivity contribution >= 4 is 11.1 Å². The number of aryl methyl sites for hydroxylation is 2. The third-order valence-electron chi connectivity index (χ3n) is 3.56. The van der Waals surface area contributed by atoms with Gasteiger partial charge in [-0.1, -0.05) is 17.2 Å². The number of rotatable bonds is 2. The van der Waals surface area contributed by atoms with Crippen molar-refractivity contribution in [3.8, 4) is 17.1 Å². The van der Waals surface area contributed by atoms with Crippen LogP contribution in [0.15, 0.2) is 53.5 Å². The highest BCUT2D eigenvalue weighted by atomic mass is 16.3. The highest BCUT2D eigenvalue weighted by molar-refractivity contribution is 5.78. The summed E-state index contributed by atoms with van der Waals surface area (Å²) < 4.78 is 7.77. The Morgan fingerprint density at radius 3 is 2.36 bits per heavy atom. The van der Waals surface area contributed by atoms with Crippen LogP contribution in [0.2, 0.25) is 0 Å². The van der Waals surface area contributed by atoms with Crippen LogP contribution in [0, 0.1) is 13.8 Å². The van der Waals surface area contributed by atoms with Crippen molar-refractivity contribution in [2.24, 2.45) is 0 Å². The minimum atomic E-state index is 0.641. The summed E-state index contributed by atoms with van der Waals surface area (Å²) in [5.74, 6) is 0.641. The molecule has 5 nitrogen and oxygen atoms in total. The average Bonchev–Trinajstić information content (AvgIpc) is 3.15. The van der Waals surface area contributed by atoms with Gasteiger partial charge in [-0.2, -0.15) is 0 Å². The van der Waals surface area contributed by atoms with Crippen molar-refractivity contribution in [3.05, 3.63) is 60.2 Å². The molecule has 0 saturated carbocycles. The summed E-state index contributed by atoms with van der Waals surface area (Å²) in [4.78, 5) is 4.58. The summed E-state index contributed by atoms with van der Waals surface area (Å²) in [5, 5.41) is 7.64. The Bertz CT molecular complexity index is 934. The Morgan fingerprint density at radius 2 is 1.64 bits per heavy atom. The third kappa shape index (κ3) is 2.16. The highest BCUT2D eigenvalue weighted by Crippen LogP contribution is 2.27. The van der Waals surface area contributed by atoms with Gasteiger partial charge in [0.15, 0.2) is 5.58 Å². The van der Waals surface area contributed by atoms with Gasteiger partial charge in [0.05, 0.1) is 5.69 Å². The molecule has 22 heavy (non-hydrogen) atoms. The summed E-state index contributed by atoms with van der Waals surface area (Å²) in [6.07, 6.45) is 3.31. The minimum absolute atomic E-state index is 0.641. The highest BCUT2D eigenvalue weighted by Gasteiger charge is 2.10. The molecule has 2 heterocycles. The van der Waals surface area contributed by atoms with E-state index < -0.39 is 0 Å². The van der Waals surface area contributed by atoms with Crippen molar-refractivity contribution in [2.45, 2.75) is 13.8 Å². The second-order valence-electron chi connectivity index (χ2n) is 5.42. The number of nitrogens with zero attached hydrogens (tertiary/aromatic N) is 4. The van der Waals surface area contributed by atoms with Crippen LogP contribution >= 0.6 is 0 Å². The summed E-state index contributed by atoms with van der Waals surface area (Å²) in [5.41, 5.74) is 5.93. The third-order valence-corrected chi connectivity index (χ3v) is 3.56. The van der Waals surface area contributed by atoms with Gasteiger partial charge in [0.2, 0.25) is 5.89 Å². The Morgan fingerprint density at radius 1 is 0.909 bits per heavy atom. The van der Waals surface area contributed by atoms with E-state index in [4.69, 9.17) is 4.42 Å². The monoisotopic (exact) mass is 290 g/mol. The zero-order valence-electron chi connectivity index (χ0n) is 12.3. The van der Waals surface area contributed by atoms with Crippen molar-refractivity contribution < 1.29 is 4.42 Å². The van der Waals surface area contributed by atoms with Crippen molar-refractivity contribution in [3.63, 3.8) is 0 Å². The molecule has 0 atom stereocenters. The first-order valence-corrected chi connectivity index (χ1v) is 7.03. The normalized spacial score (nSPS) is 11.2. The molecule has 0 aliphatic heterocycles. The van der Waals surface area contributed by atoms with E-state index in [1.807, 2.05) is 22.8 Å². The summed E-state index contributed by atoms with van der Waals surface area (Å²) in [6.45, 7) is 4.15.